The highest BCUT2D eigenvalue weighted by molar-refractivity contribution is 14.1. The van der Waals surface area contributed by atoms with Crippen molar-refractivity contribution in [1.82, 2.24) is 0 Å². The van der Waals surface area contributed by atoms with Crippen LogP contribution in [0.3, 0.4) is 0 Å². The molecule has 0 amide bonds. The SMILES string of the molecule is COc1ccc(C(=O)[C@H](I)S(C)(=O)=O)cc1. The summed E-state index contributed by atoms with van der Waals surface area (Å²) in [6, 6.07) is 6.35. The second kappa shape index (κ2) is 5.13. The van der Waals surface area contributed by atoms with E-state index in [-0.39, 0.29) is 0 Å². The van der Waals surface area contributed by atoms with Crippen LogP contribution in [0.15, 0.2) is 24.3 Å². The van der Waals surface area contributed by atoms with Crippen LogP contribution in [0.4, 0.5) is 0 Å². The first kappa shape index (κ1) is 13.4. The number of methoxy groups -OCH3 is 1. The van der Waals surface area contributed by atoms with Gasteiger partial charge >= 0.3 is 0 Å². The van der Waals surface area contributed by atoms with Crippen LogP contribution in [-0.4, -0.2) is 30.8 Å². The molecule has 0 aliphatic heterocycles. The summed E-state index contributed by atoms with van der Waals surface area (Å²) in [5.41, 5.74) is 0.366. The number of ketones is 1. The van der Waals surface area contributed by atoms with Gasteiger partial charge in [0.05, 0.1) is 7.11 Å². The van der Waals surface area contributed by atoms with Crippen LogP contribution in [0, 0.1) is 0 Å². The Hall–Kier alpha value is -0.630. The minimum atomic E-state index is -3.36. The van der Waals surface area contributed by atoms with Gasteiger partial charge in [0.1, 0.15) is 5.75 Å². The summed E-state index contributed by atoms with van der Waals surface area (Å²) in [7, 11) is -1.84. The molecule has 0 aliphatic rings. The fourth-order valence-electron chi connectivity index (χ4n) is 1.08. The van der Waals surface area contributed by atoms with Crippen molar-refractivity contribution in [3.8, 4) is 5.75 Å². The normalized spacial score (nSPS) is 13.2. The van der Waals surface area contributed by atoms with Crippen molar-refractivity contribution < 1.29 is 17.9 Å². The molecular formula is C10H11IO4S. The molecule has 1 atom stereocenters. The number of hydrogen-bond donors (Lipinski definition) is 0. The Morgan fingerprint density at radius 3 is 2.19 bits per heavy atom. The first-order chi connectivity index (χ1) is 7.36. The first-order valence-corrected chi connectivity index (χ1v) is 7.57. The maximum Gasteiger partial charge on any atom is 0.190 e. The summed E-state index contributed by atoms with van der Waals surface area (Å²) < 4.78 is 26.3. The Labute approximate surface area is 108 Å². The molecule has 88 valence electrons. The van der Waals surface area contributed by atoms with Crippen molar-refractivity contribution in [1.29, 1.82) is 0 Å². The average molecular weight is 354 g/mol. The maximum absolute atomic E-state index is 11.8. The predicted molar refractivity (Wildman–Crippen MR) is 70.0 cm³/mol. The minimum absolute atomic E-state index is 0.366. The number of benzene rings is 1. The number of ether oxygens (including phenoxy) is 1. The molecule has 1 rings (SSSR count). The molecule has 0 radical (unpaired) electrons. The molecular weight excluding hydrogens is 343 g/mol. The van der Waals surface area contributed by atoms with Gasteiger partial charge in [0.15, 0.2) is 18.9 Å². The molecule has 0 aliphatic carbocycles. The number of alkyl halides is 1. The summed E-state index contributed by atoms with van der Waals surface area (Å²) in [4.78, 5) is 11.8. The molecule has 0 saturated carbocycles. The van der Waals surface area contributed by atoms with Crippen LogP contribution in [0.5, 0.6) is 5.75 Å². The van der Waals surface area contributed by atoms with E-state index in [2.05, 4.69) is 0 Å². The number of carbonyl (C=O) groups excluding carboxylic acids is 1. The van der Waals surface area contributed by atoms with E-state index in [9.17, 15) is 13.2 Å². The molecule has 4 nitrogen and oxygen atoms in total. The van der Waals surface area contributed by atoms with Gasteiger partial charge in [-0.25, -0.2) is 8.42 Å². The van der Waals surface area contributed by atoms with Crippen molar-refractivity contribution in [3.63, 3.8) is 0 Å². The maximum atomic E-state index is 11.8. The van der Waals surface area contributed by atoms with Crippen molar-refractivity contribution >= 4 is 38.2 Å². The topological polar surface area (TPSA) is 60.4 Å². The third-order valence-electron chi connectivity index (χ3n) is 1.96. The number of Topliss-reactive ketones (excluding diaryl/α,β-unsaturated/α-hetero) is 1. The highest BCUT2D eigenvalue weighted by Crippen LogP contribution is 2.18. The Balaban J connectivity index is 2.97. The molecule has 0 fully saturated rings. The molecule has 0 saturated heterocycles. The molecule has 0 bridgehead atoms. The van der Waals surface area contributed by atoms with E-state index in [1.165, 1.54) is 7.11 Å². The average Bonchev–Trinajstić information content (AvgIpc) is 2.26. The lowest BCUT2D eigenvalue weighted by molar-refractivity contribution is 0.101. The van der Waals surface area contributed by atoms with Gasteiger partial charge in [-0.05, 0) is 24.3 Å². The lowest BCUT2D eigenvalue weighted by Gasteiger charge is -2.07. The van der Waals surface area contributed by atoms with Gasteiger partial charge in [-0.3, -0.25) is 4.79 Å². The van der Waals surface area contributed by atoms with Crippen molar-refractivity contribution in [2.24, 2.45) is 0 Å². The summed E-state index contributed by atoms with van der Waals surface area (Å²) in [6.45, 7) is 0. The molecule has 0 N–H and O–H groups in total. The standard InChI is InChI=1S/C10H11IO4S/c1-15-8-5-3-7(4-6-8)9(12)10(11)16(2,13)14/h3-6,10H,1-2H3/t10-/m1/s1. The second-order valence-corrected chi connectivity index (χ2v) is 7.46. The number of sulfone groups is 1. The van der Waals surface area contributed by atoms with Gasteiger partial charge in [0.25, 0.3) is 0 Å². The van der Waals surface area contributed by atoms with Gasteiger partial charge in [-0.15, -0.1) is 0 Å². The highest BCUT2D eigenvalue weighted by Gasteiger charge is 2.26. The van der Waals surface area contributed by atoms with Gasteiger partial charge in [0.2, 0.25) is 0 Å². The minimum Gasteiger partial charge on any atom is -0.497 e. The largest absolute Gasteiger partial charge is 0.497 e. The van der Waals surface area contributed by atoms with E-state index in [4.69, 9.17) is 4.74 Å². The van der Waals surface area contributed by atoms with E-state index >= 15 is 0 Å². The smallest absolute Gasteiger partial charge is 0.190 e. The molecule has 0 aromatic heterocycles. The van der Waals surface area contributed by atoms with E-state index in [1.54, 1.807) is 46.9 Å². The van der Waals surface area contributed by atoms with Crippen LogP contribution >= 0.6 is 22.6 Å². The predicted octanol–water partition coefficient (Wildman–Crippen LogP) is 1.68. The van der Waals surface area contributed by atoms with E-state index in [0.29, 0.717) is 11.3 Å². The second-order valence-electron chi connectivity index (χ2n) is 3.24. The molecule has 0 spiro atoms. The number of halogens is 1. The number of rotatable bonds is 4. The first-order valence-electron chi connectivity index (χ1n) is 4.37. The van der Waals surface area contributed by atoms with Crippen LogP contribution in [0.2, 0.25) is 0 Å². The van der Waals surface area contributed by atoms with Crippen LogP contribution in [-0.2, 0) is 9.84 Å². The lowest BCUT2D eigenvalue weighted by Crippen LogP contribution is -2.23. The zero-order valence-electron chi connectivity index (χ0n) is 8.81. The van der Waals surface area contributed by atoms with Crippen LogP contribution in [0.1, 0.15) is 10.4 Å². The summed E-state index contributed by atoms with van der Waals surface area (Å²) in [5, 5.41) is 0. The summed E-state index contributed by atoms with van der Waals surface area (Å²) in [6.07, 6.45) is 1.05. The zero-order chi connectivity index (χ0) is 12.3. The lowest BCUT2D eigenvalue weighted by atomic mass is 10.1. The fraction of sp³-hybridized carbons (Fsp3) is 0.300. The molecule has 1 aromatic carbocycles. The van der Waals surface area contributed by atoms with Crippen molar-refractivity contribution in [2.75, 3.05) is 13.4 Å². The van der Waals surface area contributed by atoms with Gasteiger partial charge in [-0.1, -0.05) is 22.6 Å². The molecule has 16 heavy (non-hydrogen) atoms. The van der Waals surface area contributed by atoms with E-state index in [1.807, 2.05) is 0 Å². The van der Waals surface area contributed by atoms with E-state index in [0.717, 1.165) is 6.26 Å². The van der Waals surface area contributed by atoms with Crippen molar-refractivity contribution in [2.45, 2.75) is 3.26 Å². The molecule has 0 unspecified atom stereocenters. The van der Waals surface area contributed by atoms with Gasteiger partial charge in [-0.2, -0.15) is 0 Å². The zero-order valence-corrected chi connectivity index (χ0v) is 11.8. The van der Waals surface area contributed by atoms with Crippen LogP contribution < -0.4 is 4.74 Å². The Morgan fingerprint density at radius 2 is 1.81 bits per heavy atom. The molecule has 1 aromatic rings. The van der Waals surface area contributed by atoms with Gasteiger partial charge in [0, 0.05) is 11.8 Å². The Kier molecular flexibility index (Phi) is 4.31. The van der Waals surface area contributed by atoms with Crippen LogP contribution in [0.25, 0.3) is 0 Å². The molecule has 0 heterocycles. The third-order valence-corrected chi connectivity index (χ3v) is 6.26. The Morgan fingerprint density at radius 1 is 1.31 bits per heavy atom. The van der Waals surface area contributed by atoms with Crippen molar-refractivity contribution in [3.05, 3.63) is 29.8 Å². The monoisotopic (exact) mass is 354 g/mol. The quantitative estimate of drug-likeness (QED) is 0.469. The highest BCUT2D eigenvalue weighted by atomic mass is 127. The summed E-state index contributed by atoms with van der Waals surface area (Å²) >= 11 is 1.63. The molecule has 6 heteroatoms. The third kappa shape index (κ3) is 3.18. The Bertz CT molecular complexity index is 478. The van der Waals surface area contributed by atoms with E-state index < -0.39 is 18.9 Å². The van der Waals surface area contributed by atoms with Gasteiger partial charge < -0.3 is 4.74 Å². The number of carbonyl (C=O) groups is 1. The fourth-order valence-corrected chi connectivity index (χ4v) is 1.97. The number of hydrogen-bond acceptors (Lipinski definition) is 4. The summed E-state index contributed by atoms with van der Waals surface area (Å²) in [5.74, 6) is 0.215.